The maximum Gasteiger partial charge on any atom is 0.152 e. The number of aryl methyl sites for hydroxylation is 2. The highest BCUT2D eigenvalue weighted by Gasteiger charge is 2.50. The van der Waals surface area contributed by atoms with Gasteiger partial charge in [0, 0.05) is 19.5 Å². The summed E-state index contributed by atoms with van der Waals surface area (Å²) in [5.41, 5.74) is 0. The fourth-order valence-electron chi connectivity index (χ4n) is 6.37. The first kappa shape index (κ1) is 26.9. The van der Waals surface area contributed by atoms with Crippen LogP contribution in [0.4, 0.5) is 0 Å². The van der Waals surface area contributed by atoms with E-state index in [1.807, 2.05) is 0 Å². The van der Waals surface area contributed by atoms with E-state index in [9.17, 15) is 0 Å². The van der Waals surface area contributed by atoms with Crippen molar-refractivity contribution in [2.45, 2.75) is 111 Å². The van der Waals surface area contributed by atoms with E-state index in [1.165, 1.54) is 92.8 Å². The van der Waals surface area contributed by atoms with Gasteiger partial charge in [-0.15, -0.1) is 22.7 Å². The minimum atomic E-state index is -2.00. The highest BCUT2D eigenvalue weighted by atomic mass is 32.1. The summed E-state index contributed by atoms with van der Waals surface area (Å²) >= 11 is 4.11. The topological polar surface area (TPSA) is 0 Å². The SMILES string of the molecule is CCCCCCCCC(CCCCCC)C[Si]1(c2ccccc2)c2cc(C)sc2-c2sc(C)cc21. The molecule has 0 N–H and O–H groups in total. The average molecular weight is 523 g/mol. The van der Waals surface area contributed by atoms with Gasteiger partial charge in [0.1, 0.15) is 0 Å². The molecule has 1 aliphatic rings. The molecule has 2 aromatic heterocycles. The summed E-state index contributed by atoms with van der Waals surface area (Å²) in [4.78, 5) is 6.23. The van der Waals surface area contributed by atoms with Gasteiger partial charge in [-0.25, -0.2) is 0 Å². The van der Waals surface area contributed by atoms with Gasteiger partial charge < -0.3 is 0 Å². The zero-order valence-electron chi connectivity index (χ0n) is 22.6. The van der Waals surface area contributed by atoms with Crippen LogP contribution in [0.2, 0.25) is 6.04 Å². The predicted molar refractivity (Wildman–Crippen MR) is 163 cm³/mol. The van der Waals surface area contributed by atoms with Crippen molar-refractivity contribution in [1.82, 2.24) is 0 Å². The van der Waals surface area contributed by atoms with Gasteiger partial charge in [0.2, 0.25) is 0 Å². The molecule has 0 amide bonds. The van der Waals surface area contributed by atoms with Crippen molar-refractivity contribution in [3.63, 3.8) is 0 Å². The minimum absolute atomic E-state index is 0.851. The van der Waals surface area contributed by atoms with Gasteiger partial charge in [-0.3, -0.25) is 0 Å². The second-order valence-electron chi connectivity index (χ2n) is 10.9. The molecule has 35 heavy (non-hydrogen) atoms. The van der Waals surface area contributed by atoms with Crippen LogP contribution in [0.15, 0.2) is 42.5 Å². The lowest BCUT2D eigenvalue weighted by molar-refractivity contribution is 0.431. The Balaban J connectivity index is 1.66. The number of thiophene rings is 2. The van der Waals surface area contributed by atoms with E-state index in [0.717, 1.165) is 5.92 Å². The lowest BCUT2D eigenvalue weighted by atomic mass is 9.96. The van der Waals surface area contributed by atoms with Gasteiger partial charge >= 0.3 is 0 Å². The number of hydrogen-bond donors (Lipinski definition) is 0. The molecule has 1 unspecified atom stereocenters. The van der Waals surface area contributed by atoms with Crippen molar-refractivity contribution in [1.29, 1.82) is 0 Å². The molecule has 0 nitrogen and oxygen atoms in total. The van der Waals surface area contributed by atoms with Crippen LogP contribution in [0.1, 0.15) is 101 Å². The Morgan fingerprint density at radius 3 is 1.69 bits per heavy atom. The third-order valence-electron chi connectivity index (χ3n) is 8.13. The standard InChI is InChI=1S/C32H46S2Si/c1-5-7-9-11-12-15-19-27(18-14-10-8-6-2)24-35(28-20-16-13-17-21-28)29-22-25(3)33-31(29)32-30(35)23-26(4)34-32/h13,16-17,20-23,27H,5-12,14-15,18-19,24H2,1-4H3. The van der Waals surface area contributed by atoms with Crippen LogP contribution < -0.4 is 15.6 Å². The van der Waals surface area contributed by atoms with E-state index in [-0.39, 0.29) is 0 Å². The fourth-order valence-corrected chi connectivity index (χ4v) is 15.7. The van der Waals surface area contributed by atoms with Crippen LogP contribution in [0.25, 0.3) is 9.75 Å². The molecule has 0 aliphatic carbocycles. The number of rotatable bonds is 15. The van der Waals surface area contributed by atoms with Gasteiger partial charge in [0.15, 0.2) is 8.07 Å². The van der Waals surface area contributed by atoms with Crippen LogP contribution >= 0.6 is 22.7 Å². The van der Waals surface area contributed by atoms with Crippen molar-refractivity contribution in [2.75, 3.05) is 0 Å². The molecular weight excluding hydrogens is 477 g/mol. The number of benzene rings is 1. The predicted octanol–water partition coefficient (Wildman–Crippen LogP) is 9.21. The Morgan fingerprint density at radius 2 is 1.14 bits per heavy atom. The van der Waals surface area contributed by atoms with Crippen molar-refractivity contribution in [2.24, 2.45) is 5.92 Å². The molecule has 3 aromatic rings. The first-order chi connectivity index (χ1) is 17.1. The maximum atomic E-state index is 2.60. The molecule has 1 aliphatic heterocycles. The van der Waals surface area contributed by atoms with E-state index < -0.39 is 8.07 Å². The zero-order valence-corrected chi connectivity index (χ0v) is 25.3. The average Bonchev–Trinajstić information content (AvgIpc) is 3.50. The Morgan fingerprint density at radius 1 is 0.657 bits per heavy atom. The Kier molecular flexibility index (Phi) is 9.89. The van der Waals surface area contributed by atoms with Gasteiger partial charge in [0.05, 0.1) is 0 Å². The summed E-state index contributed by atoms with van der Waals surface area (Å²) < 4.78 is 0. The van der Waals surface area contributed by atoms with Gasteiger partial charge in [0.25, 0.3) is 0 Å². The van der Waals surface area contributed by atoms with Gasteiger partial charge in [-0.05, 0) is 53.5 Å². The largest absolute Gasteiger partial charge is 0.152 e. The number of hydrogen-bond acceptors (Lipinski definition) is 2. The summed E-state index contributed by atoms with van der Waals surface area (Å²) in [7, 11) is -2.00. The summed E-state index contributed by atoms with van der Waals surface area (Å²) in [6.45, 7) is 9.31. The molecular formula is C32H46S2Si. The molecule has 3 heteroatoms. The highest BCUT2D eigenvalue weighted by Crippen LogP contribution is 2.42. The van der Waals surface area contributed by atoms with Crippen LogP contribution in [-0.2, 0) is 0 Å². The first-order valence-electron chi connectivity index (χ1n) is 14.4. The van der Waals surface area contributed by atoms with Gasteiger partial charge in [-0.2, -0.15) is 0 Å². The smallest absolute Gasteiger partial charge is 0.140 e. The van der Waals surface area contributed by atoms with E-state index in [2.05, 4.69) is 92.8 Å². The lowest BCUT2D eigenvalue weighted by Gasteiger charge is -2.33. The van der Waals surface area contributed by atoms with Crippen LogP contribution in [0.3, 0.4) is 0 Å². The molecule has 190 valence electrons. The Labute approximate surface area is 224 Å². The lowest BCUT2D eigenvalue weighted by Crippen LogP contribution is -2.65. The van der Waals surface area contributed by atoms with E-state index in [0.29, 0.717) is 0 Å². The second-order valence-corrected chi connectivity index (χ2v) is 17.3. The van der Waals surface area contributed by atoms with Crippen molar-refractivity contribution < 1.29 is 0 Å². The number of fused-ring (bicyclic) bond motifs is 3. The summed E-state index contributed by atoms with van der Waals surface area (Å²) in [6, 6.07) is 18.4. The minimum Gasteiger partial charge on any atom is -0.140 e. The van der Waals surface area contributed by atoms with Crippen molar-refractivity contribution in [3.8, 4) is 9.75 Å². The highest BCUT2D eigenvalue weighted by molar-refractivity contribution is 7.31. The maximum absolute atomic E-state index is 2.60. The molecule has 1 atom stereocenters. The van der Waals surface area contributed by atoms with Crippen LogP contribution in [0, 0.1) is 19.8 Å². The quantitative estimate of drug-likeness (QED) is 0.138. The normalized spacial score (nSPS) is 14.7. The fraction of sp³-hybridized carbons (Fsp3) is 0.562. The molecule has 1 aromatic carbocycles. The summed E-state index contributed by atoms with van der Waals surface area (Å²) in [5, 5.41) is 5.14. The van der Waals surface area contributed by atoms with E-state index >= 15 is 0 Å². The van der Waals surface area contributed by atoms with E-state index in [1.54, 1.807) is 25.3 Å². The van der Waals surface area contributed by atoms with Gasteiger partial charge in [-0.1, -0.05) is 121 Å². The first-order valence-corrected chi connectivity index (χ1v) is 18.2. The third kappa shape index (κ3) is 6.05. The van der Waals surface area contributed by atoms with E-state index in [4.69, 9.17) is 0 Å². The summed E-state index contributed by atoms with van der Waals surface area (Å²) in [5.74, 6) is 0.851. The molecule has 0 saturated heterocycles. The molecule has 0 spiro atoms. The molecule has 0 fully saturated rings. The van der Waals surface area contributed by atoms with Crippen LogP contribution in [-0.4, -0.2) is 8.07 Å². The molecule has 0 radical (unpaired) electrons. The van der Waals surface area contributed by atoms with Crippen molar-refractivity contribution in [3.05, 3.63) is 52.2 Å². The zero-order chi connectivity index (χ0) is 24.7. The summed E-state index contributed by atoms with van der Waals surface area (Å²) in [6.07, 6.45) is 16.9. The van der Waals surface area contributed by atoms with Crippen LogP contribution in [0.5, 0.6) is 0 Å². The Bertz CT molecular complexity index is 999. The molecule has 3 heterocycles. The third-order valence-corrected chi connectivity index (χ3v) is 15.9. The Hall–Kier alpha value is -1.16. The molecule has 0 bridgehead atoms. The number of unbranched alkanes of at least 4 members (excludes halogenated alkanes) is 8. The molecule has 0 saturated carbocycles. The second kappa shape index (κ2) is 12.9. The molecule has 4 rings (SSSR count). The van der Waals surface area contributed by atoms with Crippen molar-refractivity contribution >= 4 is 46.3 Å². The monoisotopic (exact) mass is 522 g/mol.